The van der Waals surface area contributed by atoms with E-state index in [2.05, 4.69) is 41.4 Å². The van der Waals surface area contributed by atoms with Gasteiger partial charge in [0.25, 0.3) is 0 Å². The van der Waals surface area contributed by atoms with Gasteiger partial charge in [-0.25, -0.2) is 0 Å². The quantitative estimate of drug-likeness (QED) is 0.867. The predicted octanol–water partition coefficient (Wildman–Crippen LogP) is 2.49. The number of benzene rings is 1. The topological polar surface area (TPSA) is 35.5 Å². The van der Waals surface area contributed by atoms with Gasteiger partial charge in [-0.05, 0) is 52.3 Å². The zero-order valence-electron chi connectivity index (χ0n) is 13.0. The van der Waals surface area contributed by atoms with E-state index in [0.717, 1.165) is 38.9 Å². The molecule has 3 nitrogen and oxygen atoms in total. The van der Waals surface area contributed by atoms with Crippen LogP contribution in [-0.2, 0) is 0 Å². The fraction of sp³-hybridized carbons (Fsp3) is 0.647. The maximum atomic E-state index is 9.99. The summed E-state index contributed by atoms with van der Waals surface area (Å²) in [6, 6.07) is 9.16. The van der Waals surface area contributed by atoms with Crippen LogP contribution in [0.25, 0.3) is 0 Å². The number of hydrogen-bond donors (Lipinski definition) is 2. The van der Waals surface area contributed by atoms with E-state index in [1.165, 1.54) is 11.1 Å². The molecule has 1 heterocycles. The number of aryl methyl sites for hydroxylation is 1. The molecule has 1 saturated heterocycles. The molecule has 0 spiro atoms. The first-order valence-corrected chi connectivity index (χ1v) is 7.69. The number of likely N-dealkylation sites (tertiary alicyclic amines) is 1. The Morgan fingerprint density at radius 2 is 2.05 bits per heavy atom. The Morgan fingerprint density at radius 3 is 2.65 bits per heavy atom. The van der Waals surface area contributed by atoms with Gasteiger partial charge in [-0.1, -0.05) is 29.8 Å². The number of nitrogens with zero attached hydrogens (tertiary/aromatic N) is 1. The molecule has 1 aromatic rings. The van der Waals surface area contributed by atoms with Crippen LogP contribution < -0.4 is 5.32 Å². The normalized spacial score (nSPS) is 20.8. The molecule has 0 saturated carbocycles. The first-order valence-electron chi connectivity index (χ1n) is 7.69. The second-order valence-electron chi connectivity index (χ2n) is 6.38. The van der Waals surface area contributed by atoms with Crippen molar-refractivity contribution in [2.75, 3.05) is 26.7 Å². The van der Waals surface area contributed by atoms with Crippen LogP contribution in [0.3, 0.4) is 0 Å². The van der Waals surface area contributed by atoms with Gasteiger partial charge in [0.1, 0.15) is 0 Å². The van der Waals surface area contributed by atoms with Crippen molar-refractivity contribution in [1.29, 1.82) is 0 Å². The van der Waals surface area contributed by atoms with E-state index in [1.54, 1.807) is 0 Å². The fourth-order valence-corrected chi connectivity index (χ4v) is 2.93. The minimum Gasteiger partial charge on any atom is -0.390 e. The van der Waals surface area contributed by atoms with Crippen LogP contribution in [0.4, 0.5) is 0 Å². The monoisotopic (exact) mass is 276 g/mol. The van der Waals surface area contributed by atoms with Crippen molar-refractivity contribution >= 4 is 0 Å². The second-order valence-corrected chi connectivity index (χ2v) is 6.38. The van der Waals surface area contributed by atoms with Gasteiger partial charge in [0.2, 0.25) is 0 Å². The third-order valence-electron chi connectivity index (χ3n) is 4.46. The average molecular weight is 276 g/mol. The largest absolute Gasteiger partial charge is 0.390 e. The maximum Gasteiger partial charge on any atom is 0.0644 e. The number of piperidine rings is 1. The Hall–Kier alpha value is -0.900. The lowest BCUT2D eigenvalue weighted by Crippen LogP contribution is -2.43. The van der Waals surface area contributed by atoms with Crippen molar-refractivity contribution < 1.29 is 5.11 Å². The summed E-state index contributed by atoms with van der Waals surface area (Å²) < 4.78 is 0. The Kier molecular flexibility index (Phi) is 5.19. The van der Waals surface area contributed by atoms with Crippen LogP contribution in [-0.4, -0.2) is 42.3 Å². The Bertz CT molecular complexity index is 421. The fourth-order valence-electron chi connectivity index (χ4n) is 2.93. The number of hydrogen-bond acceptors (Lipinski definition) is 3. The van der Waals surface area contributed by atoms with Crippen molar-refractivity contribution in [1.82, 2.24) is 10.2 Å². The molecule has 2 N–H and O–H groups in total. The van der Waals surface area contributed by atoms with Gasteiger partial charge in [-0.3, -0.25) is 0 Å². The lowest BCUT2D eigenvalue weighted by atomic mass is 9.93. The Balaban J connectivity index is 1.86. The van der Waals surface area contributed by atoms with Gasteiger partial charge in [-0.2, -0.15) is 0 Å². The second kappa shape index (κ2) is 6.70. The smallest absolute Gasteiger partial charge is 0.0644 e. The number of aliphatic hydroxyl groups is 1. The molecule has 20 heavy (non-hydrogen) atoms. The van der Waals surface area contributed by atoms with E-state index >= 15 is 0 Å². The van der Waals surface area contributed by atoms with E-state index in [1.807, 2.05) is 14.0 Å². The third kappa shape index (κ3) is 4.30. The molecule has 0 aromatic heterocycles. The lowest BCUT2D eigenvalue weighted by molar-refractivity contribution is -0.00593. The summed E-state index contributed by atoms with van der Waals surface area (Å²) in [5, 5.41) is 13.4. The van der Waals surface area contributed by atoms with E-state index < -0.39 is 5.60 Å². The van der Waals surface area contributed by atoms with E-state index in [9.17, 15) is 5.11 Å². The molecule has 3 heteroatoms. The summed E-state index contributed by atoms with van der Waals surface area (Å²) in [4.78, 5) is 2.47. The molecular formula is C17H28N2O. The molecule has 2 rings (SSSR count). The van der Waals surface area contributed by atoms with Crippen LogP contribution in [0.5, 0.6) is 0 Å². The Morgan fingerprint density at radius 1 is 1.35 bits per heavy atom. The number of nitrogens with one attached hydrogen (secondary N) is 1. The lowest BCUT2D eigenvalue weighted by Gasteiger charge is -2.36. The molecule has 112 valence electrons. The zero-order valence-corrected chi connectivity index (χ0v) is 13.0. The predicted molar refractivity (Wildman–Crippen MR) is 83.9 cm³/mol. The summed E-state index contributed by atoms with van der Waals surface area (Å²) in [7, 11) is 2.04. The molecular weight excluding hydrogens is 248 g/mol. The molecule has 1 unspecified atom stereocenters. The van der Waals surface area contributed by atoms with E-state index in [4.69, 9.17) is 0 Å². The van der Waals surface area contributed by atoms with Gasteiger partial charge in [-0.15, -0.1) is 0 Å². The van der Waals surface area contributed by atoms with Gasteiger partial charge < -0.3 is 15.3 Å². The summed E-state index contributed by atoms with van der Waals surface area (Å²) in [5.74, 6) is 0. The molecule has 0 radical (unpaired) electrons. The van der Waals surface area contributed by atoms with Gasteiger partial charge in [0, 0.05) is 19.1 Å². The summed E-state index contributed by atoms with van der Waals surface area (Å²) in [6.07, 6.45) is 2.89. The molecule has 0 aliphatic carbocycles. The highest BCUT2D eigenvalue weighted by Crippen LogP contribution is 2.23. The van der Waals surface area contributed by atoms with Crippen LogP contribution in [0.15, 0.2) is 24.3 Å². The van der Waals surface area contributed by atoms with Crippen molar-refractivity contribution in [2.24, 2.45) is 0 Å². The molecule has 1 aliphatic heterocycles. The number of rotatable bonds is 5. The third-order valence-corrected chi connectivity index (χ3v) is 4.46. The van der Waals surface area contributed by atoms with Crippen LogP contribution in [0.1, 0.15) is 43.4 Å². The molecule has 1 atom stereocenters. The van der Waals surface area contributed by atoms with Crippen molar-refractivity contribution in [3.05, 3.63) is 35.4 Å². The summed E-state index contributed by atoms with van der Waals surface area (Å²) in [5.41, 5.74) is 2.24. The van der Waals surface area contributed by atoms with Crippen molar-refractivity contribution in [3.8, 4) is 0 Å². The SMILES string of the molecule is CNC(CCN1CCC(C)(O)CC1)c1cccc(C)c1. The van der Waals surface area contributed by atoms with E-state index in [-0.39, 0.29) is 0 Å². The van der Waals surface area contributed by atoms with Crippen LogP contribution >= 0.6 is 0 Å². The molecule has 0 bridgehead atoms. The first-order chi connectivity index (χ1) is 9.50. The highest BCUT2D eigenvalue weighted by Gasteiger charge is 2.27. The van der Waals surface area contributed by atoms with Crippen molar-refractivity contribution in [2.45, 2.75) is 44.8 Å². The van der Waals surface area contributed by atoms with Crippen molar-refractivity contribution in [3.63, 3.8) is 0 Å². The van der Waals surface area contributed by atoms with Gasteiger partial charge >= 0.3 is 0 Å². The zero-order chi connectivity index (χ0) is 14.6. The van der Waals surface area contributed by atoms with Gasteiger partial charge in [0.15, 0.2) is 0 Å². The minimum atomic E-state index is -0.449. The molecule has 1 aliphatic rings. The Labute approximate surface area is 123 Å². The standard InChI is InChI=1S/C17H28N2O/c1-14-5-4-6-15(13-14)16(18-3)7-10-19-11-8-17(2,20)9-12-19/h4-6,13,16,18,20H,7-12H2,1-3H3. The molecule has 1 aromatic carbocycles. The first kappa shape index (κ1) is 15.5. The minimum absolute atomic E-state index is 0.414. The van der Waals surface area contributed by atoms with Crippen LogP contribution in [0, 0.1) is 6.92 Å². The highest BCUT2D eigenvalue weighted by atomic mass is 16.3. The van der Waals surface area contributed by atoms with Crippen LogP contribution in [0.2, 0.25) is 0 Å². The maximum absolute atomic E-state index is 9.99. The van der Waals surface area contributed by atoms with E-state index in [0.29, 0.717) is 6.04 Å². The average Bonchev–Trinajstić information content (AvgIpc) is 2.41. The highest BCUT2D eigenvalue weighted by molar-refractivity contribution is 5.25. The van der Waals surface area contributed by atoms with Gasteiger partial charge in [0.05, 0.1) is 5.60 Å². The molecule has 1 fully saturated rings. The molecule has 0 amide bonds. The summed E-state index contributed by atoms with van der Waals surface area (Å²) in [6.45, 7) is 7.21. The summed E-state index contributed by atoms with van der Waals surface area (Å²) >= 11 is 0.